The van der Waals surface area contributed by atoms with Gasteiger partial charge in [-0.15, -0.1) is 20.4 Å². The molecule has 1 aliphatic carbocycles. The van der Waals surface area contributed by atoms with Gasteiger partial charge in [-0.05, 0) is 38.3 Å². The third-order valence-electron chi connectivity index (χ3n) is 4.93. The fourth-order valence-corrected chi connectivity index (χ4v) is 4.14. The predicted octanol–water partition coefficient (Wildman–Crippen LogP) is 4.76. The lowest BCUT2D eigenvalue weighted by atomic mass is 10.2. The molecule has 0 aliphatic heterocycles. The monoisotopic (exact) mass is 407 g/mol. The van der Waals surface area contributed by atoms with Gasteiger partial charge in [-0.1, -0.05) is 42.1 Å². The maximum atomic E-state index is 5.85. The van der Waals surface area contributed by atoms with E-state index in [1.807, 2.05) is 26.0 Å². The van der Waals surface area contributed by atoms with Crippen molar-refractivity contribution in [1.82, 2.24) is 25.0 Å². The number of furan rings is 1. The van der Waals surface area contributed by atoms with Crippen LogP contribution in [0.3, 0.4) is 0 Å². The van der Waals surface area contributed by atoms with Gasteiger partial charge < -0.3 is 13.4 Å². The standard InChI is InChI=1S/C21H21N5O2S/c1-13-10-17(14(2)27-13)20-24-22-18(28-20)12-29-21-25-23-19(16-8-9-16)26(21)11-15-6-4-3-5-7-15/h3-7,10,16H,8-9,11-12H2,1-2H3. The Hall–Kier alpha value is -2.87. The Labute approximate surface area is 172 Å². The molecule has 1 fully saturated rings. The van der Waals surface area contributed by atoms with Crippen molar-refractivity contribution in [2.75, 3.05) is 0 Å². The van der Waals surface area contributed by atoms with Crippen molar-refractivity contribution in [2.24, 2.45) is 0 Å². The molecule has 0 spiro atoms. The van der Waals surface area contributed by atoms with Crippen LogP contribution in [-0.4, -0.2) is 25.0 Å². The molecule has 29 heavy (non-hydrogen) atoms. The summed E-state index contributed by atoms with van der Waals surface area (Å²) in [5, 5.41) is 18.2. The molecule has 0 radical (unpaired) electrons. The molecule has 5 rings (SSSR count). The highest BCUT2D eigenvalue weighted by atomic mass is 32.2. The van der Waals surface area contributed by atoms with E-state index >= 15 is 0 Å². The summed E-state index contributed by atoms with van der Waals surface area (Å²) >= 11 is 1.57. The summed E-state index contributed by atoms with van der Waals surface area (Å²) in [4.78, 5) is 0. The second-order valence-corrected chi connectivity index (χ2v) is 8.25. The van der Waals surface area contributed by atoms with Crippen molar-refractivity contribution in [1.29, 1.82) is 0 Å². The van der Waals surface area contributed by atoms with Gasteiger partial charge in [-0.2, -0.15) is 0 Å². The number of benzene rings is 1. The average molecular weight is 407 g/mol. The largest absolute Gasteiger partial charge is 0.466 e. The molecule has 0 atom stereocenters. The number of rotatable bonds is 7. The van der Waals surface area contributed by atoms with Gasteiger partial charge in [0, 0.05) is 5.92 Å². The number of hydrogen-bond donors (Lipinski definition) is 0. The Morgan fingerprint density at radius 3 is 2.59 bits per heavy atom. The van der Waals surface area contributed by atoms with E-state index in [9.17, 15) is 0 Å². The maximum Gasteiger partial charge on any atom is 0.251 e. The SMILES string of the molecule is Cc1cc(-c2nnc(CSc3nnc(C4CC4)n3Cc3ccccc3)o2)c(C)o1. The molecule has 3 aromatic heterocycles. The highest BCUT2D eigenvalue weighted by Gasteiger charge is 2.30. The van der Waals surface area contributed by atoms with E-state index in [0.717, 1.165) is 34.6 Å². The summed E-state index contributed by atoms with van der Waals surface area (Å²) in [6.45, 7) is 4.57. The quantitative estimate of drug-likeness (QED) is 0.409. The van der Waals surface area contributed by atoms with Crippen LogP contribution in [0.15, 0.2) is 50.4 Å². The molecule has 0 amide bonds. The highest BCUT2D eigenvalue weighted by Crippen LogP contribution is 2.40. The average Bonchev–Trinajstić information content (AvgIpc) is 3.16. The molecule has 0 N–H and O–H groups in total. The van der Waals surface area contributed by atoms with Crippen LogP contribution in [-0.2, 0) is 12.3 Å². The molecule has 0 bridgehead atoms. The molecule has 148 valence electrons. The second kappa shape index (κ2) is 7.51. The van der Waals surface area contributed by atoms with Crippen LogP contribution in [0.25, 0.3) is 11.5 Å². The van der Waals surface area contributed by atoms with Crippen LogP contribution in [0.2, 0.25) is 0 Å². The summed E-state index contributed by atoms with van der Waals surface area (Å²) in [6, 6.07) is 12.3. The minimum atomic E-state index is 0.486. The lowest BCUT2D eigenvalue weighted by Crippen LogP contribution is -2.06. The third kappa shape index (κ3) is 3.85. The zero-order valence-electron chi connectivity index (χ0n) is 16.3. The smallest absolute Gasteiger partial charge is 0.251 e. The van der Waals surface area contributed by atoms with E-state index in [1.165, 1.54) is 18.4 Å². The van der Waals surface area contributed by atoms with Crippen LogP contribution in [0.4, 0.5) is 0 Å². The molecule has 1 aliphatic rings. The fourth-order valence-electron chi connectivity index (χ4n) is 3.36. The van der Waals surface area contributed by atoms with Crippen molar-refractivity contribution < 1.29 is 8.83 Å². The normalized spacial score (nSPS) is 13.9. The summed E-state index contributed by atoms with van der Waals surface area (Å²) < 4.78 is 13.6. The van der Waals surface area contributed by atoms with Gasteiger partial charge in [0.1, 0.15) is 17.3 Å². The summed E-state index contributed by atoms with van der Waals surface area (Å²) in [5.74, 6) is 4.80. The summed E-state index contributed by atoms with van der Waals surface area (Å²) in [6.07, 6.45) is 2.38. The topological polar surface area (TPSA) is 82.8 Å². The lowest BCUT2D eigenvalue weighted by Gasteiger charge is -2.09. The minimum absolute atomic E-state index is 0.486. The van der Waals surface area contributed by atoms with E-state index in [-0.39, 0.29) is 0 Å². The summed E-state index contributed by atoms with van der Waals surface area (Å²) in [7, 11) is 0. The molecule has 7 nitrogen and oxygen atoms in total. The minimum Gasteiger partial charge on any atom is -0.466 e. The molecule has 4 aromatic rings. The molecular formula is C21H21N5O2S. The molecule has 1 saturated carbocycles. The number of nitrogens with zero attached hydrogens (tertiary/aromatic N) is 5. The van der Waals surface area contributed by atoms with Gasteiger partial charge in [0.15, 0.2) is 5.16 Å². The maximum absolute atomic E-state index is 5.85. The van der Waals surface area contributed by atoms with Crippen molar-refractivity contribution in [3.63, 3.8) is 0 Å². The van der Waals surface area contributed by atoms with Gasteiger partial charge in [0.2, 0.25) is 5.89 Å². The molecule has 1 aromatic carbocycles. The van der Waals surface area contributed by atoms with Crippen LogP contribution >= 0.6 is 11.8 Å². The van der Waals surface area contributed by atoms with Crippen molar-refractivity contribution in [3.8, 4) is 11.5 Å². The van der Waals surface area contributed by atoms with Gasteiger partial charge in [0.05, 0.1) is 17.9 Å². The Bertz CT molecular complexity index is 1130. The van der Waals surface area contributed by atoms with Gasteiger partial charge in [-0.3, -0.25) is 0 Å². The van der Waals surface area contributed by atoms with Crippen molar-refractivity contribution in [2.45, 2.75) is 50.1 Å². The van der Waals surface area contributed by atoms with Crippen molar-refractivity contribution >= 4 is 11.8 Å². The molecule has 8 heteroatoms. The van der Waals surface area contributed by atoms with Gasteiger partial charge in [-0.25, -0.2) is 0 Å². The lowest BCUT2D eigenvalue weighted by molar-refractivity contribution is 0.499. The Balaban J connectivity index is 1.34. The Morgan fingerprint density at radius 2 is 1.86 bits per heavy atom. The third-order valence-corrected chi connectivity index (χ3v) is 5.89. The van der Waals surface area contributed by atoms with E-state index in [0.29, 0.717) is 23.5 Å². The van der Waals surface area contributed by atoms with E-state index in [1.54, 1.807) is 11.8 Å². The predicted molar refractivity (Wildman–Crippen MR) is 109 cm³/mol. The van der Waals surface area contributed by atoms with Crippen LogP contribution < -0.4 is 0 Å². The fraction of sp³-hybridized carbons (Fsp3) is 0.333. The number of hydrogen-bond acceptors (Lipinski definition) is 7. The Kier molecular flexibility index (Phi) is 4.71. The number of aryl methyl sites for hydroxylation is 2. The first kappa shape index (κ1) is 18.2. The molecular weight excluding hydrogens is 386 g/mol. The van der Waals surface area contributed by atoms with Crippen LogP contribution in [0.5, 0.6) is 0 Å². The second-order valence-electron chi connectivity index (χ2n) is 7.30. The first-order valence-electron chi connectivity index (χ1n) is 9.67. The number of aromatic nitrogens is 5. The van der Waals surface area contributed by atoms with Gasteiger partial charge in [0.25, 0.3) is 5.89 Å². The first-order valence-corrected chi connectivity index (χ1v) is 10.7. The summed E-state index contributed by atoms with van der Waals surface area (Å²) in [5.41, 5.74) is 2.08. The zero-order chi connectivity index (χ0) is 19.8. The molecule has 3 heterocycles. The zero-order valence-corrected chi connectivity index (χ0v) is 17.1. The van der Waals surface area contributed by atoms with Gasteiger partial charge >= 0.3 is 0 Å². The Morgan fingerprint density at radius 1 is 1.03 bits per heavy atom. The first-order chi connectivity index (χ1) is 14.2. The number of thioether (sulfide) groups is 1. The van der Waals surface area contributed by atoms with Crippen LogP contribution in [0, 0.1) is 13.8 Å². The molecule has 0 saturated heterocycles. The van der Waals surface area contributed by atoms with E-state index in [2.05, 4.69) is 49.2 Å². The molecule has 0 unspecified atom stereocenters. The van der Waals surface area contributed by atoms with Crippen molar-refractivity contribution in [3.05, 3.63) is 65.2 Å². The van der Waals surface area contributed by atoms with E-state index in [4.69, 9.17) is 8.83 Å². The highest BCUT2D eigenvalue weighted by molar-refractivity contribution is 7.98. The van der Waals surface area contributed by atoms with Crippen LogP contribution in [0.1, 0.15) is 47.6 Å². The van der Waals surface area contributed by atoms with E-state index < -0.39 is 0 Å².